The van der Waals surface area contributed by atoms with Crippen molar-refractivity contribution in [3.8, 4) is 0 Å². The van der Waals surface area contributed by atoms with Gasteiger partial charge >= 0.3 is 6.09 Å². The number of ether oxygens (including phenoxy) is 2. The van der Waals surface area contributed by atoms with E-state index in [0.717, 1.165) is 6.54 Å². The van der Waals surface area contributed by atoms with Gasteiger partial charge in [-0.05, 0) is 20.8 Å². The third-order valence-electron chi connectivity index (χ3n) is 1.97. The average Bonchev–Trinajstić information content (AvgIpc) is 2.73. The van der Waals surface area contributed by atoms with E-state index in [9.17, 15) is 4.79 Å². The van der Waals surface area contributed by atoms with Crippen molar-refractivity contribution >= 4 is 6.09 Å². The maximum absolute atomic E-state index is 11.3. The number of nitrogens with one attached hydrogen (secondary N) is 1. The van der Waals surface area contributed by atoms with Crippen LogP contribution in [0.1, 0.15) is 20.8 Å². The molecule has 0 unspecified atom stereocenters. The number of carbonyl (C=O) groups is 1. The predicted octanol–water partition coefficient (Wildman–Crippen LogP) is 1.42. The van der Waals surface area contributed by atoms with Gasteiger partial charge in [0.15, 0.2) is 0 Å². The van der Waals surface area contributed by atoms with Gasteiger partial charge in [-0.1, -0.05) is 0 Å². The number of imidazole rings is 1. The van der Waals surface area contributed by atoms with Gasteiger partial charge in [-0.3, -0.25) is 0 Å². The van der Waals surface area contributed by atoms with Crippen LogP contribution < -0.4 is 5.32 Å². The van der Waals surface area contributed by atoms with E-state index >= 15 is 0 Å². The first-order valence-corrected chi connectivity index (χ1v) is 5.98. The monoisotopic (exact) mass is 255 g/mol. The van der Waals surface area contributed by atoms with Gasteiger partial charge in [0, 0.05) is 25.5 Å². The normalized spacial score (nSPS) is 11.3. The van der Waals surface area contributed by atoms with E-state index < -0.39 is 11.7 Å². The molecule has 1 aromatic heterocycles. The lowest BCUT2D eigenvalue weighted by Crippen LogP contribution is -2.34. The Morgan fingerprint density at radius 2 is 2.17 bits per heavy atom. The first-order chi connectivity index (χ1) is 8.47. The van der Waals surface area contributed by atoms with Crippen LogP contribution in [0.5, 0.6) is 0 Å². The molecule has 0 fully saturated rings. The van der Waals surface area contributed by atoms with Crippen molar-refractivity contribution in [1.29, 1.82) is 0 Å². The molecule has 0 aliphatic heterocycles. The van der Waals surface area contributed by atoms with Crippen molar-refractivity contribution < 1.29 is 14.3 Å². The number of hydrogen-bond acceptors (Lipinski definition) is 4. The van der Waals surface area contributed by atoms with Crippen molar-refractivity contribution in [2.24, 2.45) is 0 Å². The number of nitrogens with zero attached hydrogens (tertiary/aromatic N) is 2. The summed E-state index contributed by atoms with van der Waals surface area (Å²) < 4.78 is 12.4. The van der Waals surface area contributed by atoms with Crippen molar-refractivity contribution in [2.45, 2.75) is 32.9 Å². The fraction of sp³-hybridized carbons (Fsp3) is 0.667. The Morgan fingerprint density at radius 3 is 2.78 bits per heavy atom. The molecule has 0 saturated carbocycles. The minimum Gasteiger partial charge on any atom is -0.444 e. The molecule has 0 aromatic carbocycles. The second kappa shape index (κ2) is 7.00. The minimum atomic E-state index is -0.466. The molecule has 1 aromatic rings. The first kappa shape index (κ1) is 14.5. The van der Waals surface area contributed by atoms with E-state index in [1.807, 2.05) is 31.5 Å². The third-order valence-corrected chi connectivity index (χ3v) is 1.97. The summed E-state index contributed by atoms with van der Waals surface area (Å²) >= 11 is 0. The summed E-state index contributed by atoms with van der Waals surface area (Å²) in [7, 11) is 0. The van der Waals surface area contributed by atoms with Crippen LogP contribution in [0, 0.1) is 0 Å². The summed E-state index contributed by atoms with van der Waals surface area (Å²) in [6.45, 7) is 7.74. The molecule has 0 spiro atoms. The molecule has 102 valence electrons. The molecule has 6 nitrogen and oxygen atoms in total. The largest absolute Gasteiger partial charge is 0.444 e. The van der Waals surface area contributed by atoms with Crippen molar-refractivity contribution in [1.82, 2.24) is 14.9 Å². The maximum Gasteiger partial charge on any atom is 0.407 e. The summed E-state index contributed by atoms with van der Waals surface area (Å²) in [5.74, 6) is 0. The molecule has 1 heterocycles. The average molecular weight is 255 g/mol. The van der Waals surface area contributed by atoms with E-state index in [-0.39, 0.29) is 0 Å². The molecule has 0 bridgehead atoms. The van der Waals surface area contributed by atoms with Crippen LogP contribution in [0.4, 0.5) is 4.79 Å². The van der Waals surface area contributed by atoms with Gasteiger partial charge in [-0.2, -0.15) is 0 Å². The second-order valence-electron chi connectivity index (χ2n) is 4.84. The molecule has 6 heteroatoms. The van der Waals surface area contributed by atoms with Gasteiger partial charge in [0.25, 0.3) is 0 Å². The summed E-state index contributed by atoms with van der Waals surface area (Å²) in [5, 5.41) is 2.63. The number of carbonyl (C=O) groups excluding carboxylic acids is 1. The highest BCUT2D eigenvalue weighted by molar-refractivity contribution is 5.67. The number of hydrogen-bond donors (Lipinski definition) is 1. The highest BCUT2D eigenvalue weighted by atomic mass is 16.6. The Labute approximate surface area is 107 Å². The van der Waals surface area contributed by atoms with Gasteiger partial charge in [-0.15, -0.1) is 0 Å². The number of amides is 1. The lowest BCUT2D eigenvalue weighted by atomic mass is 10.2. The maximum atomic E-state index is 11.3. The standard InChI is InChI=1S/C12H21N3O3/c1-12(2,3)18-11(16)14-5-8-17-9-7-15-6-4-13-10-15/h4,6,10H,5,7-9H2,1-3H3,(H,14,16). The van der Waals surface area contributed by atoms with Crippen LogP contribution in [-0.2, 0) is 16.0 Å². The Morgan fingerprint density at radius 1 is 1.39 bits per heavy atom. The molecule has 0 aliphatic rings. The zero-order valence-electron chi connectivity index (χ0n) is 11.2. The smallest absolute Gasteiger partial charge is 0.407 e. The van der Waals surface area contributed by atoms with Gasteiger partial charge in [0.2, 0.25) is 0 Å². The van der Waals surface area contributed by atoms with Crippen LogP contribution in [0.2, 0.25) is 0 Å². The molecule has 0 atom stereocenters. The molecule has 0 aliphatic carbocycles. The topological polar surface area (TPSA) is 65.4 Å². The fourth-order valence-electron chi connectivity index (χ4n) is 1.23. The number of rotatable bonds is 6. The Kier molecular flexibility index (Phi) is 5.64. The molecule has 1 rings (SSSR count). The zero-order valence-corrected chi connectivity index (χ0v) is 11.2. The van der Waals surface area contributed by atoms with Crippen LogP contribution >= 0.6 is 0 Å². The summed E-state index contributed by atoms with van der Waals surface area (Å²) in [6.07, 6.45) is 4.93. The Bertz CT molecular complexity index is 344. The fourth-order valence-corrected chi connectivity index (χ4v) is 1.23. The second-order valence-corrected chi connectivity index (χ2v) is 4.84. The highest BCUT2D eigenvalue weighted by Crippen LogP contribution is 2.05. The summed E-state index contributed by atoms with van der Waals surface area (Å²) in [6, 6.07) is 0. The van der Waals surface area contributed by atoms with Gasteiger partial charge in [0.1, 0.15) is 5.60 Å². The molecule has 0 saturated heterocycles. The van der Waals surface area contributed by atoms with Crippen LogP contribution in [0.15, 0.2) is 18.7 Å². The molecular formula is C12H21N3O3. The Hall–Kier alpha value is -1.56. The summed E-state index contributed by atoms with van der Waals surface area (Å²) in [5.41, 5.74) is -0.466. The van der Waals surface area contributed by atoms with Gasteiger partial charge in [-0.25, -0.2) is 9.78 Å². The summed E-state index contributed by atoms with van der Waals surface area (Å²) in [4.78, 5) is 15.2. The van der Waals surface area contributed by atoms with Crippen LogP contribution in [0.3, 0.4) is 0 Å². The van der Waals surface area contributed by atoms with E-state index in [1.54, 1.807) is 12.5 Å². The quantitative estimate of drug-likeness (QED) is 0.781. The van der Waals surface area contributed by atoms with Gasteiger partial charge < -0.3 is 19.4 Å². The van der Waals surface area contributed by atoms with E-state index in [2.05, 4.69) is 10.3 Å². The van der Waals surface area contributed by atoms with Crippen LogP contribution in [-0.4, -0.2) is 41.0 Å². The van der Waals surface area contributed by atoms with Crippen molar-refractivity contribution in [2.75, 3.05) is 19.8 Å². The third kappa shape index (κ3) is 6.90. The predicted molar refractivity (Wildman–Crippen MR) is 67.3 cm³/mol. The molecular weight excluding hydrogens is 234 g/mol. The van der Waals surface area contributed by atoms with Crippen LogP contribution in [0.25, 0.3) is 0 Å². The number of aromatic nitrogens is 2. The van der Waals surface area contributed by atoms with Crippen molar-refractivity contribution in [3.63, 3.8) is 0 Å². The minimum absolute atomic E-state index is 0.416. The zero-order chi connectivity index (χ0) is 13.4. The lowest BCUT2D eigenvalue weighted by molar-refractivity contribution is 0.0497. The molecule has 18 heavy (non-hydrogen) atoms. The molecule has 1 amide bonds. The lowest BCUT2D eigenvalue weighted by Gasteiger charge is -2.19. The van der Waals surface area contributed by atoms with E-state index in [1.165, 1.54) is 0 Å². The highest BCUT2D eigenvalue weighted by Gasteiger charge is 2.15. The van der Waals surface area contributed by atoms with Gasteiger partial charge in [0.05, 0.1) is 19.5 Å². The van der Waals surface area contributed by atoms with E-state index in [4.69, 9.17) is 9.47 Å². The molecule has 1 N–H and O–H groups in total. The SMILES string of the molecule is CC(C)(C)OC(=O)NCCOCCn1ccnc1. The Balaban J connectivity index is 1.97. The van der Waals surface area contributed by atoms with E-state index in [0.29, 0.717) is 19.8 Å². The first-order valence-electron chi connectivity index (χ1n) is 5.98. The number of alkyl carbamates (subject to hydrolysis) is 1. The molecule has 0 radical (unpaired) electrons. The van der Waals surface area contributed by atoms with Crippen molar-refractivity contribution in [3.05, 3.63) is 18.7 Å².